The predicted molar refractivity (Wildman–Crippen MR) is 85.3 cm³/mol. The van der Waals surface area contributed by atoms with Crippen LogP contribution in [-0.2, 0) is 10.0 Å². The number of nitrogens with one attached hydrogen (secondary N) is 1. The number of hydrogen-bond acceptors (Lipinski definition) is 4. The zero-order valence-corrected chi connectivity index (χ0v) is 13.6. The number of rotatable bonds is 4. The van der Waals surface area contributed by atoms with E-state index in [-0.39, 0.29) is 11.9 Å². The van der Waals surface area contributed by atoms with Gasteiger partial charge in [-0.1, -0.05) is 12.8 Å². The van der Waals surface area contributed by atoms with Gasteiger partial charge in [0.2, 0.25) is 10.0 Å². The molecule has 0 heterocycles. The van der Waals surface area contributed by atoms with E-state index in [9.17, 15) is 18.3 Å². The van der Waals surface area contributed by atoms with Crippen molar-refractivity contribution >= 4 is 21.6 Å². The fourth-order valence-corrected chi connectivity index (χ4v) is 3.36. The lowest BCUT2D eigenvalue weighted by Gasteiger charge is -2.35. The highest BCUT2D eigenvalue weighted by Gasteiger charge is 2.29. The highest BCUT2D eigenvalue weighted by Crippen LogP contribution is 2.24. The second-order valence-electron chi connectivity index (χ2n) is 5.79. The van der Waals surface area contributed by atoms with Gasteiger partial charge in [0.1, 0.15) is 0 Å². The number of sulfonamides is 1. The summed E-state index contributed by atoms with van der Waals surface area (Å²) >= 11 is 0. The van der Waals surface area contributed by atoms with Gasteiger partial charge in [0.15, 0.2) is 0 Å². The Balaban J connectivity index is 2.08. The van der Waals surface area contributed by atoms with Crippen LogP contribution in [0.5, 0.6) is 0 Å². The van der Waals surface area contributed by atoms with Crippen molar-refractivity contribution in [2.24, 2.45) is 0 Å². The van der Waals surface area contributed by atoms with Crippen LogP contribution in [0.4, 0.5) is 5.69 Å². The Morgan fingerprint density at radius 3 is 2.36 bits per heavy atom. The first-order valence-corrected chi connectivity index (χ1v) is 9.20. The molecule has 0 unspecified atom stereocenters. The van der Waals surface area contributed by atoms with Crippen molar-refractivity contribution in [1.82, 2.24) is 4.90 Å². The molecule has 2 rings (SSSR count). The SMILES string of the molecule is CN(C(=O)c1ccc(NS(C)(=O)=O)cc1)[C@H]1CCCC[C@@H]1O. The number of aliphatic hydroxyl groups excluding tert-OH is 1. The first-order chi connectivity index (χ1) is 10.3. The average molecular weight is 326 g/mol. The molecule has 1 aliphatic rings. The fourth-order valence-electron chi connectivity index (χ4n) is 2.79. The van der Waals surface area contributed by atoms with Crippen molar-refractivity contribution in [2.75, 3.05) is 18.0 Å². The molecule has 2 N–H and O–H groups in total. The molecule has 122 valence electrons. The van der Waals surface area contributed by atoms with Crippen molar-refractivity contribution in [2.45, 2.75) is 37.8 Å². The summed E-state index contributed by atoms with van der Waals surface area (Å²) in [5.74, 6) is -0.170. The first kappa shape index (κ1) is 16.8. The van der Waals surface area contributed by atoms with Crippen LogP contribution < -0.4 is 4.72 Å². The van der Waals surface area contributed by atoms with Crippen molar-refractivity contribution in [1.29, 1.82) is 0 Å². The maximum atomic E-state index is 12.5. The molecule has 1 fully saturated rings. The molecule has 22 heavy (non-hydrogen) atoms. The van der Waals surface area contributed by atoms with E-state index < -0.39 is 16.1 Å². The van der Waals surface area contributed by atoms with E-state index >= 15 is 0 Å². The number of hydrogen-bond donors (Lipinski definition) is 2. The van der Waals surface area contributed by atoms with Crippen molar-refractivity contribution in [3.8, 4) is 0 Å². The average Bonchev–Trinajstić information content (AvgIpc) is 2.45. The maximum absolute atomic E-state index is 12.5. The second-order valence-corrected chi connectivity index (χ2v) is 7.54. The van der Waals surface area contributed by atoms with Gasteiger partial charge < -0.3 is 10.0 Å². The van der Waals surface area contributed by atoms with Gasteiger partial charge in [-0.25, -0.2) is 8.42 Å². The highest BCUT2D eigenvalue weighted by molar-refractivity contribution is 7.92. The summed E-state index contributed by atoms with van der Waals surface area (Å²) in [4.78, 5) is 14.0. The molecule has 0 bridgehead atoms. The molecule has 0 aromatic heterocycles. The van der Waals surface area contributed by atoms with Crippen LogP contribution in [0.25, 0.3) is 0 Å². The number of likely N-dealkylation sites (N-methyl/N-ethyl adjacent to an activating group) is 1. The summed E-state index contributed by atoms with van der Waals surface area (Å²) in [6.07, 6.45) is 4.12. The minimum atomic E-state index is -3.33. The van der Waals surface area contributed by atoms with E-state index in [4.69, 9.17) is 0 Å². The Morgan fingerprint density at radius 1 is 1.23 bits per heavy atom. The third kappa shape index (κ3) is 4.20. The number of amides is 1. The Hall–Kier alpha value is -1.60. The minimum Gasteiger partial charge on any atom is -0.391 e. The van der Waals surface area contributed by atoms with Gasteiger partial charge in [-0.3, -0.25) is 9.52 Å². The number of carbonyl (C=O) groups is 1. The van der Waals surface area contributed by atoms with E-state index in [1.165, 1.54) is 0 Å². The zero-order valence-electron chi connectivity index (χ0n) is 12.8. The molecule has 0 saturated heterocycles. The van der Waals surface area contributed by atoms with Crippen LogP contribution >= 0.6 is 0 Å². The second kappa shape index (κ2) is 6.66. The summed E-state index contributed by atoms with van der Waals surface area (Å²) in [6.45, 7) is 0. The largest absolute Gasteiger partial charge is 0.391 e. The predicted octanol–water partition coefficient (Wildman–Crippen LogP) is 1.43. The standard InChI is InChI=1S/C15H22N2O4S/c1-17(13-5-3-4-6-14(13)18)15(19)11-7-9-12(10-8-11)16-22(2,20)21/h7-10,13-14,16,18H,3-6H2,1-2H3/t13-,14-/m0/s1. The van der Waals surface area contributed by atoms with Gasteiger partial charge in [-0.15, -0.1) is 0 Å². The molecule has 1 amide bonds. The Morgan fingerprint density at radius 2 is 1.82 bits per heavy atom. The van der Waals surface area contributed by atoms with E-state index in [0.717, 1.165) is 31.9 Å². The van der Waals surface area contributed by atoms with Gasteiger partial charge in [-0.05, 0) is 37.1 Å². The highest BCUT2D eigenvalue weighted by atomic mass is 32.2. The van der Waals surface area contributed by atoms with E-state index in [1.54, 1.807) is 36.2 Å². The zero-order chi connectivity index (χ0) is 16.3. The number of anilines is 1. The number of benzene rings is 1. The molecule has 1 aromatic carbocycles. The third-order valence-corrected chi connectivity index (χ3v) is 4.55. The molecule has 0 radical (unpaired) electrons. The van der Waals surface area contributed by atoms with E-state index in [1.807, 2.05) is 0 Å². The molecule has 2 atom stereocenters. The number of aliphatic hydroxyl groups is 1. The van der Waals surface area contributed by atoms with Gasteiger partial charge in [0.25, 0.3) is 5.91 Å². The fraction of sp³-hybridized carbons (Fsp3) is 0.533. The van der Waals surface area contributed by atoms with Gasteiger partial charge >= 0.3 is 0 Å². The summed E-state index contributed by atoms with van der Waals surface area (Å²) in [5, 5.41) is 10.0. The molecule has 7 heteroatoms. The monoisotopic (exact) mass is 326 g/mol. The Kier molecular flexibility index (Phi) is 5.08. The Bertz CT molecular complexity index is 627. The Labute approximate surface area is 131 Å². The summed E-state index contributed by atoms with van der Waals surface area (Å²) in [5.41, 5.74) is 0.888. The molecule has 6 nitrogen and oxygen atoms in total. The molecule has 1 saturated carbocycles. The molecule has 0 spiro atoms. The lowest BCUT2D eigenvalue weighted by molar-refractivity contribution is 0.0268. The quantitative estimate of drug-likeness (QED) is 0.876. The molecule has 1 aromatic rings. The molecular formula is C15H22N2O4S. The van der Waals surface area contributed by atoms with Crippen LogP contribution in [0, 0.1) is 0 Å². The normalized spacial score (nSPS) is 22.1. The third-order valence-electron chi connectivity index (χ3n) is 3.95. The number of carbonyl (C=O) groups excluding carboxylic acids is 1. The topological polar surface area (TPSA) is 86.7 Å². The molecule has 0 aliphatic heterocycles. The van der Waals surface area contributed by atoms with Crippen LogP contribution in [-0.4, -0.2) is 49.8 Å². The summed E-state index contributed by atoms with van der Waals surface area (Å²) in [7, 11) is -1.63. The van der Waals surface area contributed by atoms with E-state index in [0.29, 0.717) is 11.3 Å². The van der Waals surface area contributed by atoms with Crippen LogP contribution in [0.15, 0.2) is 24.3 Å². The maximum Gasteiger partial charge on any atom is 0.253 e. The lowest BCUT2D eigenvalue weighted by Crippen LogP contribution is -2.46. The first-order valence-electron chi connectivity index (χ1n) is 7.31. The summed E-state index contributed by atoms with van der Waals surface area (Å²) < 4.78 is 24.7. The van der Waals surface area contributed by atoms with E-state index in [2.05, 4.69) is 4.72 Å². The minimum absolute atomic E-state index is 0.157. The number of nitrogens with zero attached hydrogens (tertiary/aromatic N) is 1. The molecule has 1 aliphatic carbocycles. The van der Waals surface area contributed by atoms with Crippen LogP contribution in [0.3, 0.4) is 0 Å². The van der Waals surface area contributed by atoms with Gasteiger partial charge in [0.05, 0.1) is 18.4 Å². The molecular weight excluding hydrogens is 304 g/mol. The summed E-state index contributed by atoms with van der Waals surface area (Å²) in [6, 6.07) is 6.12. The van der Waals surface area contributed by atoms with Gasteiger partial charge in [0, 0.05) is 18.3 Å². The van der Waals surface area contributed by atoms with Crippen LogP contribution in [0.1, 0.15) is 36.0 Å². The lowest BCUT2D eigenvalue weighted by atomic mass is 9.91. The van der Waals surface area contributed by atoms with Crippen molar-refractivity contribution in [3.63, 3.8) is 0 Å². The van der Waals surface area contributed by atoms with Crippen molar-refractivity contribution in [3.05, 3.63) is 29.8 Å². The smallest absolute Gasteiger partial charge is 0.253 e. The van der Waals surface area contributed by atoms with Crippen LogP contribution in [0.2, 0.25) is 0 Å². The van der Waals surface area contributed by atoms with Crippen molar-refractivity contribution < 1.29 is 18.3 Å². The van der Waals surface area contributed by atoms with Gasteiger partial charge in [-0.2, -0.15) is 0 Å².